The highest BCUT2D eigenvalue weighted by atomic mass is 16.5. The molecule has 1 saturated heterocycles. The Morgan fingerprint density at radius 2 is 2.00 bits per heavy atom. The van der Waals surface area contributed by atoms with Crippen LogP contribution in [0.5, 0.6) is 5.75 Å². The summed E-state index contributed by atoms with van der Waals surface area (Å²) in [6, 6.07) is 11.4. The lowest BCUT2D eigenvalue weighted by atomic mass is 9.95. The van der Waals surface area contributed by atoms with Gasteiger partial charge in [0.05, 0.1) is 23.9 Å². The van der Waals surface area contributed by atoms with Gasteiger partial charge >= 0.3 is 0 Å². The van der Waals surface area contributed by atoms with E-state index in [0.29, 0.717) is 50.1 Å². The highest BCUT2D eigenvalue weighted by Crippen LogP contribution is 2.44. The summed E-state index contributed by atoms with van der Waals surface area (Å²) >= 11 is 0. The molecule has 0 radical (unpaired) electrons. The fourth-order valence-electron chi connectivity index (χ4n) is 5.73. The molecule has 3 amide bonds. The molecule has 0 aromatic heterocycles. The first-order chi connectivity index (χ1) is 16.3. The van der Waals surface area contributed by atoms with E-state index in [1.807, 2.05) is 39.0 Å². The van der Waals surface area contributed by atoms with Crippen molar-refractivity contribution in [3.05, 3.63) is 58.7 Å². The molecular weight excluding hydrogens is 430 g/mol. The van der Waals surface area contributed by atoms with Crippen LogP contribution in [0, 0.1) is 13.8 Å². The molecule has 0 aliphatic carbocycles. The Hall–Kier alpha value is -3.35. The smallest absolute Gasteiger partial charge is 0.257 e. The lowest BCUT2D eigenvalue weighted by Crippen LogP contribution is -2.62. The van der Waals surface area contributed by atoms with Crippen LogP contribution in [-0.2, 0) is 9.59 Å². The van der Waals surface area contributed by atoms with Gasteiger partial charge in [0.1, 0.15) is 11.4 Å². The average Bonchev–Trinajstić information content (AvgIpc) is 3.11. The molecule has 2 atom stereocenters. The molecule has 0 bridgehead atoms. The van der Waals surface area contributed by atoms with Gasteiger partial charge < -0.3 is 15.0 Å². The molecule has 178 valence electrons. The molecule has 2 aromatic carbocycles. The van der Waals surface area contributed by atoms with Gasteiger partial charge in [-0.1, -0.05) is 29.8 Å². The molecule has 3 heterocycles. The number of anilines is 1. The van der Waals surface area contributed by atoms with E-state index in [9.17, 15) is 14.4 Å². The number of carbonyl (C=O) groups is 3. The van der Waals surface area contributed by atoms with E-state index in [2.05, 4.69) is 17.4 Å². The summed E-state index contributed by atoms with van der Waals surface area (Å²) < 4.78 is 5.85. The van der Waals surface area contributed by atoms with E-state index in [-0.39, 0.29) is 23.8 Å². The maximum absolute atomic E-state index is 13.3. The number of carbonyl (C=O) groups excluding carboxylic acids is 3. The van der Waals surface area contributed by atoms with Crippen molar-refractivity contribution >= 4 is 23.4 Å². The number of benzene rings is 2. The van der Waals surface area contributed by atoms with Crippen molar-refractivity contribution < 1.29 is 19.1 Å². The third-order valence-electron chi connectivity index (χ3n) is 7.34. The number of para-hydroxylation sites is 1. The topological polar surface area (TPSA) is 79.0 Å². The van der Waals surface area contributed by atoms with Crippen molar-refractivity contribution in [1.29, 1.82) is 0 Å². The molecule has 0 saturated carbocycles. The van der Waals surface area contributed by atoms with Crippen molar-refractivity contribution in [2.45, 2.75) is 64.6 Å². The first kappa shape index (κ1) is 22.4. The number of aryl methyl sites for hydroxylation is 2. The Morgan fingerprint density at radius 3 is 2.82 bits per heavy atom. The minimum atomic E-state index is -0.687. The lowest BCUT2D eigenvalue weighted by Gasteiger charge is -2.48. The molecule has 2 aromatic rings. The molecule has 7 nitrogen and oxygen atoms in total. The van der Waals surface area contributed by atoms with Crippen LogP contribution in [0.2, 0.25) is 0 Å². The molecule has 1 fully saturated rings. The zero-order valence-electron chi connectivity index (χ0n) is 20.0. The van der Waals surface area contributed by atoms with E-state index in [0.717, 1.165) is 28.9 Å². The van der Waals surface area contributed by atoms with E-state index in [4.69, 9.17) is 4.74 Å². The highest BCUT2D eigenvalue weighted by molar-refractivity contribution is 6.10. The van der Waals surface area contributed by atoms with E-state index in [1.54, 1.807) is 15.9 Å². The van der Waals surface area contributed by atoms with Crippen molar-refractivity contribution in [1.82, 2.24) is 10.2 Å². The molecule has 5 rings (SSSR count). The van der Waals surface area contributed by atoms with Gasteiger partial charge in [-0.05, 0) is 51.3 Å². The first-order valence-electron chi connectivity index (χ1n) is 12.1. The standard InChI is InChI=1S/C27H31N3O4/c1-17-15-18(2)25-20(16-17)21(11-14-34-25)28-23(31)9-6-13-29-26(33)19-7-4-5-8-22(19)30-24(32)10-12-27(29,30)3/h4-5,7-8,15-16,21H,6,9-14H2,1-3H3,(H,28,31). The average molecular weight is 462 g/mol. The zero-order valence-corrected chi connectivity index (χ0v) is 20.0. The Balaban J connectivity index is 1.27. The van der Waals surface area contributed by atoms with Crippen molar-refractivity contribution in [2.75, 3.05) is 18.1 Å². The van der Waals surface area contributed by atoms with Crippen LogP contribution in [-0.4, -0.2) is 41.4 Å². The minimum Gasteiger partial charge on any atom is -0.493 e. The monoisotopic (exact) mass is 461 g/mol. The van der Waals surface area contributed by atoms with Gasteiger partial charge in [0, 0.05) is 31.4 Å². The van der Waals surface area contributed by atoms with Crippen molar-refractivity contribution in [2.24, 2.45) is 0 Å². The summed E-state index contributed by atoms with van der Waals surface area (Å²) in [5.74, 6) is 0.799. The maximum Gasteiger partial charge on any atom is 0.257 e. The fourth-order valence-corrected chi connectivity index (χ4v) is 5.73. The van der Waals surface area contributed by atoms with Crippen LogP contribution in [0.15, 0.2) is 36.4 Å². The van der Waals surface area contributed by atoms with Crippen LogP contribution in [0.25, 0.3) is 0 Å². The van der Waals surface area contributed by atoms with Gasteiger partial charge in [0.2, 0.25) is 11.8 Å². The predicted octanol–water partition coefficient (Wildman–Crippen LogP) is 4.02. The Bertz CT molecular complexity index is 1180. The number of ether oxygens (including phenoxy) is 1. The Labute approximate surface area is 200 Å². The van der Waals surface area contributed by atoms with Gasteiger partial charge in [-0.2, -0.15) is 0 Å². The summed E-state index contributed by atoms with van der Waals surface area (Å²) in [5, 5.41) is 3.17. The summed E-state index contributed by atoms with van der Waals surface area (Å²) in [7, 11) is 0. The largest absolute Gasteiger partial charge is 0.493 e. The van der Waals surface area contributed by atoms with Gasteiger partial charge in [0.15, 0.2) is 0 Å². The maximum atomic E-state index is 13.3. The molecular formula is C27H31N3O4. The van der Waals surface area contributed by atoms with Crippen molar-refractivity contribution in [3.63, 3.8) is 0 Å². The first-order valence-corrected chi connectivity index (χ1v) is 12.1. The van der Waals surface area contributed by atoms with Gasteiger partial charge in [-0.25, -0.2) is 0 Å². The van der Waals surface area contributed by atoms with E-state index >= 15 is 0 Å². The number of fused-ring (bicyclic) bond motifs is 4. The molecule has 3 aliphatic rings. The van der Waals surface area contributed by atoms with Crippen LogP contribution in [0.3, 0.4) is 0 Å². The summed E-state index contributed by atoms with van der Waals surface area (Å²) in [5.41, 5.74) is 3.82. The normalized spacial score (nSPS) is 23.2. The molecule has 1 N–H and O–H groups in total. The third-order valence-corrected chi connectivity index (χ3v) is 7.34. The minimum absolute atomic E-state index is 0.0358. The summed E-state index contributed by atoms with van der Waals surface area (Å²) in [6.45, 7) is 7.03. The number of hydrogen-bond acceptors (Lipinski definition) is 4. The molecule has 0 spiro atoms. The molecule has 34 heavy (non-hydrogen) atoms. The number of nitrogens with zero attached hydrogens (tertiary/aromatic N) is 2. The highest BCUT2D eigenvalue weighted by Gasteiger charge is 2.52. The molecule has 2 unspecified atom stereocenters. The van der Waals surface area contributed by atoms with Crippen LogP contribution >= 0.6 is 0 Å². The number of nitrogens with one attached hydrogen (secondary N) is 1. The molecule has 3 aliphatic heterocycles. The Kier molecular flexibility index (Phi) is 5.58. The van der Waals surface area contributed by atoms with Crippen LogP contribution in [0.1, 0.15) is 72.1 Å². The van der Waals surface area contributed by atoms with E-state index in [1.165, 1.54) is 0 Å². The van der Waals surface area contributed by atoms with Gasteiger partial charge in [0.25, 0.3) is 5.91 Å². The number of amides is 3. The zero-order chi connectivity index (χ0) is 24.0. The summed E-state index contributed by atoms with van der Waals surface area (Å²) in [6.07, 6.45) is 2.58. The second-order valence-electron chi connectivity index (χ2n) is 9.78. The van der Waals surface area contributed by atoms with Gasteiger partial charge in [-0.15, -0.1) is 0 Å². The van der Waals surface area contributed by atoms with Crippen LogP contribution in [0.4, 0.5) is 5.69 Å². The van der Waals surface area contributed by atoms with E-state index < -0.39 is 5.66 Å². The summed E-state index contributed by atoms with van der Waals surface area (Å²) in [4.78, 5) is 42.4. The fraction of sp³-hybridized carbons (Fsp3) is 0.444. The SMILES string of the molecule is Cc1cc(C)c2c(c1)C(NC(=O)CCCN1C(=O)c3ccccc3N3C(=O)CCC13C)CCO2. The second-order valence-corrected chi connectivity index (χ2v) is 9.78. The third kappa shape index (κ3) is 3.63. The number of rotatable bonds is 5. The number of hydrogen-bond donors (Lipinski definition) is 1. The second kappa shape index (κ2) is 8.46. The molecule has 7 heteroatoms. The quantitative estimate of drug-likeness (QED) is 0.729. The Morgan fingerprint density at radius 1 is 1.21 bits per heavy atom. The predicted molar refractivity (Wildman–Crippen MR) is 129 cm³/mol. The van der Waals surface area contributed by atoms with Gasteiger partial charge in [-0.3, -0.25) is 19.3 Å². The van der Waals surface area contributed by atoms with Crippen LogP contribution < -0.4 is 15.0 Å². The van der Waals surface area contributed by atoms with Crippen molar-refractivity contribution in [3.8, 4) is 5.75 Å². The lowest BCUT2D eigenvalue weighted by molar-refractivity contribution is -0.122.